The Labute approximate surface area is 116 Å². The summed E-state index contributed by atoms with van der Waals surface area (Å²) in [5.74, 6) is 4.73. The van der Waals surface area contributed by atoms with E-state index >= 15 is 0 Å². The van der Waals surface area contributed by atoms with E-state index in [9.17, 15) is 18.3 Å². The molecule has 0 heterocycles. The summed E-state index contributed by atoms with van der Waals surface area (Å²) in [7, 11) is 0. The summed E-state index contributed by atoms with van der Waals surface area (Å²) in [6.45, 7) is 2.04. The zero-order valence-electron chi connectivity index (χ0n) is 11.2. The van der Waals surface area contributed by atoms with Gasteiger partial charge in [-0.05, 0) is 25.0 Å². The second kappa shape index (κ2) is 7.81. The number of aliphatic hydroxyl groups is 1. The fourth-order valence-corrected chi connectivity index (χ4v) is 1.60. The van der Waals surface area contributed by atoms with Gasteiger partial charge in [0.2, 0.25) is 0 Å². The molecule has 0 aliphatic heterocycles. The van der Waals surface area contributed by atoms with E-state index in [1.807, 2.05) is 6.92 Å². The molecule has 1 N–H and O–H groups in total. The highest BCUT2D eigenvalue weighted by atomic mass is 19.4. The molecule has 0 amide bonds. The third-order valence-electron chi connectivity index (χ3n) is 2.57. The molecule has 0 saturated carbocycles. The Morgan fingerprint density at radius 2 is 1.95 bits per heavy atom. The summed E-state index contributed by atoms with van der Waals surface area (Å²) >= 11 is 0. The van der Waals surface area contributed by atoms with Crippen LogP contribution in [0.15, 0.2) is 24.3 Å². The van der Waals surface area contributed by atoms with Gasteiger partial charge in [0.05, 0.1) is 5.56 Å². The Morgan fingerprint density at radius 1 is 1.25 bits per heavy atom. The number of halogens is 3. The van der Waals surface area contributed by atoms with E-state index in [4.69, 9.17) is 0 Å². The van der Waals surface area contributed by atoms with E-state index in [2.05, 4.69) is 16.6 Å². The number of benzene rings is 1. The van der Waals surface area contributed by atoms with Crippen molar-refractivity contribution in [3.05, 3.63) is 29.8 Å². The highest BCUT2D eigenvalue weighted by Crippen LogP contribution is 2.25. The standard InChI is InChI=1S/C15H17F3O2/c1-2-3-4-8-13(19)11-10-12-7-5-6-9-14(12)20-15(16,17)18/h5-7,9,13,19H,2-4,8H2,1H3. The highest BCUT2D eigenvalue weighted by Gasteiger charge is 2.31. The molecular formula is C15H17F3O2. The molecule has 110 valence electrons. The second-order valence-corrected chi connectivity index (χ2v) is 4.32. The number of alkyl halides is 3. The number of aliphatic hydroxyl groups excluding tert-OH is 1. The number of para-hydroxylation sites is 1. The Kier molecular flexibility index (Phi) is 6.40. The van der Waals surface area contributed by atoms with Gasteiger partial charge in [-0.3, -0.25) is 0 Å². The SMILES string of the molecule is CCCCCC(O)C#Cc1ccccc1OC(F)(F)F. The van der Waals surface area contributed by atoms with Crippen molar-refractivity contribution in [1.29, 1.82) is 0 Å². The molecule has 0 fully saturated rings. The molecule has 0 saturated heterocycles. The van der Waals surface area contributed by atoms with Gasteiger partial charge in [-0.1, -0.05) is 43.7 Å². The minimum atomic E-state index is -4.75. The van der Waals surface area contributed by atoms with Gasteiger partial charge in [0.15, 0.2) is 0 Å². The van der Waals surface area contributed by atoms with Crippen molar-refractivity contribution >= 4 is 0 Å². The first-order valence-corrected chi connectivity index (χ1v) is 6.46. The topological polar surface area (TPSA) is 29.5 Å². The number of hydrogen-bond donors (Lipinski definition) is 1. The summed E-state index contributed by atoms with van der Waals surface area (Å²) in [4.78, 5) is 0. The Balaban J connectivity index is 2.72. The molecular weight excluding hydrogens is 269 g/mol. The van der Waals surface area contributed by atoms with E-state index in [-0.39, 0.29) is 11.3 Å². The smallest absolute Gasteiger partial charge is 0.404 e. The molecule has 2 nitrogen and oxygen atoms in total. The lowest BCUT2D eigenvalue weighted by Crippen LogP contribution is -2.17. The number of ether oxygens (including phenoxy) is 1. The maximum Gasteiger partial charge on any atom is 0.573 e. The molecule has 0 aromatic heterocycles. The van der Waals surface area contributed by atoms with Crippen molar-refractivity contribution in [3.8, 4) is 17.6 Å². The van der Waals surface area contributed by atoms with Crippen LogP contribution in [0.4, 0.5) is 13.2 Å². The summed E-state index contributed by atoms with van der Waals surface area (Å²) < 4.78 is 40.5. The molecule has 0 bridgehead atoms. The van der Waals surface area contributed by atoms with Gasteiger partial charge < -0.3 is 9.84 Å². The maximum absolute atomic E-state index is 12.2. The molecule has 0 radical (unpaired) electrons. The van der Waals surface area contributed by atoms with Crippen molar-refractivity contribution in [2.24, 2.45) is 0 Å². The van der Waals surface area contributed by atoms with Gasteiger partial charge in [0.1, 0.15) is 11.9 Å². The molecule has 1 atom stereocenters. The third kappa shape index (κ3) is 6.48. The predicted molar refractivity (Wildman–Crippen MR) is 70.2 cm³/mol. The predicted octanol–water partition coefficient (Wildman–Crippen LogP) is 3.88. The van der Waals surface area contributed by atoms with Crippen LogP contribution in [0.25, 0.3) is 0 Å². The fraction of sp³-hybridized carbons (Fsp3) is 0.467. The van der Waals surface area contributed by atoms with E-state index in [1.165, 1.54) is 18.2 Å². The van der Waals surface area contributed by atoms with Crippen molar-refractivity contribution in [1.82, 2.24) is 0 Å². The molecule has 0 spiro atoms. The highest BCUT2D eigenvalue weighted by molar-refractivity contribution is 5.46. The molecule has 1 unspecified atom stereocenters. The summed E-state index contributed by atoms with van der Waals surface area (Å²) in [5.41, 5.74) is 0.111. The molecule has 0 aliphatic rings. The average Bonchev–Trinajstić information content (AvgIpc) is 2.36. The quantitative estimate of drug-likeness (QED) is 0.657. The lowest BCUT2D eigenvalue weighted by atomic mass is 10.1. The normalized spacial score (nSPS) is 12.4. The van der Waals surface area contributed by atoms with Gasteiger partial charge in [-0.25, -0.2) is 0 Å². The first kappa shape index (κ1) is 16.4. The Bertz CT molecular complexity index is 472. The lowest BCUT2D eigenvalue weighted by molar-refractivity contribution is -0.274. The van der Waals surface area contributed by atoms with Crippen molar-refractivity contribution in [2.75, 3.05) is 0 Å². The van der Waals surface area contributed by atoms with Crippen LogP contribution in [0.3, 0.4) is 0 Å². The molecule has 5 heteroatoms. The van der Waals surface area contributed by atoms with Crippen LogP contribution in [-0.4, -0.2) is 17.6 Å². The summed E-state index contributed by atoms with van der Waals surface area (Å²) in [6.07, 6.45) is -2.21. The summed E-state index contributed by atoms with van der Waals surface area (Å²) in [6, 6.07) is 5.62. The van der Waals surface area contributed by atoms with Gasteiger partial charge in [-0.2, -0.15) is 0 Å². The van der Waals surface area contributed by atoms with Crippen molar-refractivity contribution in [2.45, 2.75) is 45.1 Å². The zero-order chi connectivity index (χ0) is 15.0. The van der Waals surface area contributed by atoms with Crippen molar-refractivity contribution in [3.63, 3.8) is 0 Å². The van der Waals surface area contributed by atoms with E-state index in [1.54, 1.807) is 6.07 Å². The van der Waals surface area contributed by atoms with Crippen LogP contribution in [0.2, 0.25) is 0 Å². The van der Waals surface area contributed by atoms with Crippen LogP contribution < -0.4 is 4.74 Å². The zero-order valence-corrected chi connectivity index (χ0v) is 11.2. The second-order valence-electron chi connectivity index (χ2n) is 4.32. The molecule has 0 aliphatic carbocycles. The minimum absolute atomic E-state index is 0.111. The van der Waals surface area contributed by atoms with Crippen LogP contribution in [0.1, 0.15) is 38.2 Å². The van der Waals surface area contributed by atoms with Gasteiger partial charge in [0, 0.05) is 0 Å². The molecule has 20 heavy (non-hydrogen) atoms. The lowest BCUT2D eigenvalue weighted by Gasteiger charge is -2.10. The third-order valence-corrected chi connectivity index (χ3v) is 2.57. The first-order valence-electron chi connectivity index (χ1n) is 6.46. The summed E-state index contributed by atoms with van der Waals surface area (Å²) in [5, 5.41) is 9.62. The van der Waals surface area contributed by atoms with E-state index in [0.717, 1.165) is 19.3 Å². The first-order chi connectivity index (χ1) is 9.42. The monoisotopic (exact) mass is 286 g/mol. The van der Waals surface area contributed by atoms with Crippen molar-refractivity contribution < 1.29 is 23.0 Å². The largest absolute Gasteiger partial charge is 0.573 e. The number of unbranched alkanes of at least 4 members (excludes halogenated alkanes) is 2. The average molecular weight is 286 g/mol. The van der Waals surface area contributed by atoms with Crippen LogP contribution in [-0.2, 0) is 0 Å². The van der Waals surface area contributed by atoms with Gasteiger partial charge in [-0.15, -0.1) is 13.2 Å². The Morgan fingerprint density at radius 3 is 2.60 bits per heavy atom. The van der Waals surface area contributed by atoms with Gasteiger partial charge in [0.25, 0.3) is 0 Å². The van der Waals surface area contributed by atoms with E-state index in [0.29, 0.717) is 6.42 Å². The van der Waals surface area contributed by atoms with E-state index < -0.39 is 12.5 Å². The number of hydrogen-bond acceptors (Lipinski definition) is 2. The van der Waals surface area contributed by atoms with Crippen LogP contribution in [0, 0.1) is 11.8 Å². The van der Waals surface area contributed by atoms with Crippen LogP contribution >= 0.6 is 0 Å². The number of rotatable bonds is 5. The Hall–Kier alpha value is -1.67. The molecule has 1 rings (SSSR count). The van der Waals surface area contributed by atoms with Gasteiger partial charge >= 0.3 is 6.36 Å². The molecule has 1 aromatic rings. The van der Waals surface area contributed by atoms with Crippen LogP contribution in [0.5, 0.6) is 5.75 Å². The molecule has 1 aromatic carbocycles. The minimum Gasteiger partial charge on any atom is -0.404 e. The maximum atomic E-state index is 12.2. The fourth-order valence-electron chi connectivity index (χ4n) is 1.60.